The van der Waals surface area contributed by atoms with Crippen molar-refractivity contribution in [3.05, 3.63) is 17.7 Å². The van der Waals surface area contributed by atoms with Crippen LogP contribution in [0.3, 0.4) is 0 Å². The molecule has 0 fully saturated rings. The molecular formula is C11H17N3S. The number of aromatic nitrogens is 2. The third-order valence-corrected chi connectivity index (χ3v) is 2.95. The zero-order valence-electron chi connectivity index (χ0n) is 9.53. The van der Waals surface area contributed by atoms with Crippen LogP contribution >= 0.6 is 11.9 Å². The Kier molecular flexibility index (Phi) is 2.87. The first-order valence-electron chi connectivity index (χ1n) is 5.32. The number of hydrogen-bond acceptors (Lipinski definition) is 3. The van der Waals surface area contributed by atoms with E-state index in [9.17, 15) is 0 Å². The van der Waals surface area contributed by atoms with Gasteiger partial charge in [0.2, 0.25) is 0 Å². The van der Waals surface area contributed by atoms with Gasteiger partial charge in [0.1, 0.15) is 11.5 Å². The Labute approximate surface area is 95.1 Å². The molecule has 0 unspecified atom stereocenters. The number of imidazole rings is 1. The maximum Gasteiger partial charge on any atom is 0.109 e. The van der Waals surface area contributed by atoms with E-state index in [-0.39, 0.29) is 4.75 Å². The lowest BCUT2D eigenvalue weighted by atomic mass is 10.3. The second-order valence-corrected chi connectivity index (χ2v) is 6.44. The van der Waals surface area contributed by atoms with Gasteiger partial charge in [-0.1, -0.05) is 0 Å². The lowest BCUT2D eigenvalue weighted by Crippen LogP contribution is -2.05. The van der Waals surface area contributed by atoms with Crippen molar-refractivity contribution >= 4 is 18.2 Å². The van der Waals surface area contributed by atoms with Crippen LogP contribution in [0.4, 0.5) is 0 Å². The summed E-state index contributed by atoms with van der Waals surface area (Å²) in [7, 11) is 0. The van der Waals surface area contributed by atoms with Crippen LogP contribution in [0.25, 0.3) is 0 Å². The number of hydrogen-bond donors (Lipinski definition) is 0. The fourth-order valence-corrected chi connectivity index (χ4v) is 2.05. The molecule has 1 aromatic heterocycles. The molecule has 0 spiro atoms. The van der Waals surface area contributed by atoms with Gasteiger partial charge in [-0.25, -0.2) is 9.38 Å². The Hall–Kier alpha value is -0.770. The molecular weight excluding hydrogens is 206 g/mol. The Balaban J connectivity index is 1.99. The minimum atomic E-state index is 0.180. The molecule has 1 aliphatic rings. The Morgan fingerprint density at radius 1 is 1.53 bits per heavy atom. The Morgan fingerprint density at radius 3 is 3.00 bits per heavy atom. The molecule has 0 aromatic carbocycles. The van der Waals surface area contributed by atoms with Gasteiger partial charge in [0.25, 0.3) is 0 Å². The predicted octanol–water partition coefficient (Wildman–Crippen LogP) is 2.69. The molecule has 0 atom stereocenters. The fraction of sp³-hybridized carbons (Fsp3) is 0.636. The number of aryl methyl sites for hydroxylation is 2. The first kappa shape index (κ1) is 10.7. The predicted molar refractivity (Wildman–Crippen MR) is 65.5 cm³/mol. The highest BCUT2D eigenvalue weighted by Crippen LogP contribution is 2.24. The summed E-state index contributed by atoms with van der Waals surface area (Å²) in [6.45, 7) is 7.58. The van der Waals surface area contributed by atoms with E-state index in [4.69, 9.17) is 0 Å². The highest BCUT2D eigenvalue weighted by Gasteiger charge is 2.13. The molecule has 0 amide bonds. The third kappa shape index (κ3) is 2.84. The third-order valence-electron chi connectivity index (χ3n) is 2.19. The summed E-state index contributed by atoms with van der Waals surface area (Å²) in [4.78, 5) is 4.51. The van der Waals surface area contributed by atoms with Crippen LogP contribution in [0.2, 0.25) is 0 Å². The van der Waals surface area contributed by atoms with Crippen molar-refractivity contribution in [2.45, 2.75) is 44.9 Å². The standard InChI is InChI=1S/C11H17N3S/c1-11(2,3)15-12-7-9-8-14-6-4-5-10(14)13-9/h7-8H,4-6H2,1-3H3/b12-7+. The Bertz CT molecular complexity index is 352. The summed E-state index contributed by atoms with van der Waals surface area (Å²) in [6.07, 6.45) is 6.30. The lowest BCUT2D eigenvalue weighted by Gasteiger charge is -2.11. The van der Waals surface area contributed by atoms with Gasteiger partial charge in [-0.15, -0.1) is 0 Å². The molecule has 82 valence electrons. The second kappa shape index (κ2) is 4.00. The molecule has 0 radical (unpaired) electrons. The molecule has 0 bridgehead atoms. The van der Waals surface area contributed by atoms with Crippen LogP contribution < -0.4 is 0 Å². The molecule has 3 nitrogen and oxygen atoms in total. The minimum Gasteiger partial charge on any atom is -0.334 e. The summed E-state index contributed by atoms with van der Waals surface area (Å²) in [5, 5.41) is 0. The molecule has 1 aromatic rings. The molecule has 15 heavy (non-hydrogen) atoms. The van der Waals surface area contributed by atoms with Crippen molar-refractivity contribution in [2.75, 3.05) is 0 Å². The topological polar surface area (TPSA) is 30.2 Å². The van der Waals surface area contributed by atoms with Gasteiger partial charge in [-0.3, -0.25) is 0 Å². The SMILES string of the molecule is CC(C)(C)S/N=C/c1cn2c(n1)CCC2. The summed E-state index contributed by atoms with van der Waals surface area (Å²) >= 11 is 1.59. The van der Waals surface area contributed by atoms with Gasteiger partial charge in [-0.2, -0.15) is 0 Å². The van der Waals surface area contributed by atoms with Gasteiger partial charge in [-0.05, 0) is 39.1 Å². The molecule has 2 rings (SSSR count). The van der Waals surface area contributed by atoms with Crippen molar-refractivity contribution in [3.63, 3.8) is 0 Å². The second-order valence-electron chi connectivity index (χ2n) is 4.82. The quantitative estimate of drug-likeness (QED) is 0.570. The van der Waals surface area contributed by atoms with Gasteiger partial charge in [0, 0.05) is 23.9 Å². The zero-order valence-corrected chi connectivity index (χ0v) is 10.3. The smallest absolute Gasteiger partial charge is 0.109 e. The molecule has 0 saturated heterocycles. The summed E-state index contributed by atoms with van der Waals surface area (Å²) < 4.78 is 6.75. The van der Waals surface area contributed by atoms with Crippen LogP contribution in [0.1, 0.15) is 38.7 Å². The normalized spacial score (nSPS) is 16.2. The number of rotatable bonds is 2. The van der Waals surface area contributed by atoms with E-state index < -0.39 is 0 Å². The average molecular weight is 223 g/mol. The van der Waals surface area contributed by atoms with E-state index in [1.165, 1.54) is 12.2 Å². The maximum absolute atomic E-state index is 4.51. The van der Waals surface area contributed by atoms with Crippen molar-refractivity contribution in [3.8, 4) is 0 Å². The van der Waals surface area contributed by atoms with E-state index in [1.54, 1.807) is 11.9 Å². The minimum absolute atomic E-state index is 0.180. The van der Waals surface area contributed by atoms with Crippen molar-refractivity contribution in [2.24, 2.45) is 4.40 Å². The van der Waals surface area contributed by atoms with Gasteiger partial charge in [0.15, 0.2) is 0 Å². The summed E-state index contributed by atoms with van der Waals surface area (Å²) in [6, 6.07) is 0. The van der Waals surface area contributed by atoms with Crippen LogP contribution in [0.5, 0.6) is 0 Å². The highest BCUT2D eigenvalue weighted by atomic mass is 32.2. The van der Waals surface area contributed by atoms with E-state index >= 15 is 0 Å². The van der Waals surface area contributed by atoms with Crippen LogP contribution in [-0.2, 0) is 13.0 Å². The van der Waals surface area contributed by atoms with Gasteiger partial charge in [0.05, 0.1) is 6.21 Å². The highest BCUT2D eigenvalue weighted by molar-refractivity contribution is 7.99. The fourth-order valence-electron chi connectivity index (χ4n) is 1.58. The van der Waals surface area contributed by atoms with E-state index in [0.717, 1.165) is 18.7 Å². The molecule has 1 aliphatic heterocycles. The molecule has 2 heterocycles. The van der Waals surface area contributed by atoms with Gasteiger partial charge < -0.3 is 4.57 Å². The molecule has 0 saturated carbocycles. The van der Waals surface area contributed by atoms with E-state index in [0.29, 0.717) is 0 Å². The van der Waals surface area contributed by atoms with Crippen LogP contribution in [-0.4, -0.2) is 20.5 Å². The lowest BCUT2D eigenvalue weighted by molar-refractivity contribution is 0.749. The summed E-state index contributed by atoms with van der Waals surface area (Å²) in [5.41, 5.74) is 0.987. The van der Waals surface area contributed by atoms with Crippen molar-refractivity contribution in [1.29, 1.82) is 0 Å². The Morgan fingerprint density at radius 2 is 2.33 bits per heavy atom. The van der Waals surface area contributed by atoms with Crippen molar-refractivity contribution in [1.82, 2.24) is 9.55 Å². The van der Waals surface area contributed by atoms with E-state index in [1.807, 2.05) is 6.21 Å². The molecule has 4 heteroatoms. The number of fused-ring (bicyclic) bond motifs is 1. The number of nitrogens with zero attached hydrogens (tertiary/aromatic N) is 3. The molecule has 0 aliphatic carbocycles. The zero-order chi connectivity index (χ0) is 10.9. The van der Waals surface area contributed by atoms with Gasteiger partial charge >= 0.3 is 0 Å². The van der Waals surface area contributed by atoms with E-state index in [2.05, 4.69) is 40.9 Å². The largest absolute Gasteiger partial charge is 0.334 e. The maximum atomic E-state index is 4.51. The summed E-state index contributed by atoms with van der Waals surface area (Å²) in [5.74, 6) is 1.21. The van der Waals surface area contributed by atoms with Crippen molar-refractivity contribution < 1.29 is 0 Å². The average Bonchev–Trinajstić information content (AvgIpc) is 2.60. The monoisotopic (exact) mass is 223 g/mol. The first-order valence-corrected chi connectivity index (χ1v) is 6.09. The van der Waals surface area contributed by atoms with Crippen LogP contribution in [0.15, 0.2) is 10.6 Å². The van der Waals surface area contributed by atoms with Crippen LogP contribution in [0, 0.1) is 0 Å². The molecule has 0 N–H and O–H groups in total. The first-order chi connectivity index (χ1) is 7.04.